The maximum absolute atomic E-state index is 12.4. The minimum Gasteiger partial charge on any atom is -0.395 e. The first kappa shape index (κ1) is 13.8. The van der Waals surface area contributed by atoms with E-state index in [9.17, 15) is 9.90 Å². The van der Waals surface area contributed by atoms with Crippen molar-refractivity contribution in [2.24, 2.45) is 5.92 Å². The average molecular weight is 256 g/mol. The van der Waals surface area contributed by atoms with Crippen molar-refractivity contribution in [3.8, 4) is 0 Å². The normalized spacial score (nSPS) is 31.6. The van der Waals surface area contributed by atoms with Gasteiger partial charge >= 0.3 is 0 Å². The first-order valence-corrected chi connectivity index (χ1v) is 6.88. The van der Waals surface area contributed by atoms with Gasteiger partial charge < -0.3 is 14.7 Å². The molecule has 1 amide bonds. The third kappa shape index (κ3) is 2.68. The van der Waals surface area contributed by atoms with Crippen LogP contribution in [0.15, 0.2) is 0 Å². The summed E-state index contributed by atoms with van der Waals surface area (Å²) in [5.74, 6) is 0.640. The van der Waals surface area contributed by atoms with Crippen LogP contribution in [-0.2, 0) is 9.53 Å². The summed E-state index contributed by atoms with van der Waals surface area (Å²) in [7, 11) is 0. The first-order chi connectivity index (χ1) is 8.65. The van der Waals surface area contributed by atoms with Crippen molar-refractivity contribution in [3.05, 3.63) is 0 Å². The first-order valence-electron chi connectivity index (χ1n) is 6.88. The monoisotopic (exact) mass is 256 g/mol. The van der Waals surface area contributed by atoms with Crippen molar-refractivity contribution in [1.82, 2.24) is 9.80 Å². The van der Waals surface area contributed by atoms with Gasteiger partial charge in [0, 0.05) is 19.1 Å². The van der Waals surface area contributed by atoms with Gasteiger partial charge in [0.1, 0.15) is 0 Å². The zero-order valence-corrected chi connectivity index (χ0v) is 11.3. The fourth-order valence-electron chi connectivity index (χ4n) is 2.99. The molecular formula is C13H24N2O3. The summed E-state index contributed by atoms with van der Waals surface area (Å²) in [6.45, 7) is 7.81. The van der Waals surface area contributed by atoms with Crippen LogP contribution >= 0.6 is 0 Å². The minimum atomic E-state index is -0.134. The number of carbonyl (C=O) groups excluding carboxylic acids is 1. The van der Waals surface area contributed by atoms with E-state index in [1.54, 1.807) is 0 Å². The Morgan fingerprint density at radius 1 is 1.39 bits per heavy atom. The summed E-state index contributed by atoms with van der Waals surface area (Å²) in [4.78, 5) is 16.4. The summed E-state index contributed by atoms with van der Waals surface area (Å²) in [6, 6.07) is -0.00445. The number of aliphatic hydroxyl groups is 1. The summed E-state index contributed by atoms with van der Waals surface area (Å²) in [5, 5.41) is 9.46. The molecule has 2 saturated heterocycles. The average Bonchev–Trinajstić information content (AvgIpc) is 2.79. The lowest BCUT2D eigenvalue weighted by atomic mass is 10.0. The van der Waals surface area contributed by atoms with Gasteiger partial charge in [-0.1, -0.05) is 6.92 Å². The molecule has 3 unspecified atom stereocenters. The van der Waals surface area contributed by atoms with Gasteiger partial charge in [-0.15, -0.1) is 0 Å². The van der Waals surface area contributed by atoms with Crippen molar-refractivity contribution in [2.75, 3.05) is 39.5 Å². The second kappa shape index (κ2) is 5.99. The molecule has 0 spiro atoms. The number of ether oxygens (including phenoxy) is 1. The highest BCUT2D eigenvalue weighted by Crippen LogP contribution is 2.26. The molecule has 104 valence electrons. The number of hydrogen-bond acceptors (Lipinski definition) is 4. The predicted molar refractivity (Wildman–Crippen MR) is 68.2 cm³/mol. The Hall–Kier alpha value is -0.650. The Morgan fingerprint density at radius 3 is 2.67 bits per heavy atom. The van der Waals surface area contributed by atoms with Crippen LogP contribution < -0.4 is 0 Å². The van der Waals surface area contributed by atoms with Gasteiger partial charge in [0.25, 0.3) is 0 Å². The Kier molecular flexibility index (Phi) is 4.59. The largest absolute Gasteiger partial charge is 0.395 e. The number of rotatable bonds is 3. The van der Waals surface area contributed by atoms with E-state index in [0.29, 0.717) is 32.2 Å². The Morgan fingerprint density at radius 2 is 2.06 bits per heavy atom. The van der Waals surface area contributed by atoms with Crippen LogP contribution in [0.4, 0.5) is 0 Å². The topological polar surface area (TPSA) is 53.0 Å². The van der Waals surface area contributed by atoms with Crippen molar-refractivity contribution in [2.45, 2.75) is 32.4 Å². The number of carbonyl (C=O) groups is 1. The van der Waals surface area contributed by atoms with E-state index < -0.39 is 0 Å². The lowest BCUT2D eigenvalue weighted by molar-refractivity contribution is -0.141. The molecule has 0 saturated carbocycles. The SMILES string of the molecule is CC1CCN(C(C)C(=O)N2CCOCC2)C1CO. The molecule has 18 heavy (non-hydrogen) atoms. The molecule has 0 aromatic carbocycles. The zero-order valence-electron chi connectivity index (χ0n) is 11.3. The number of nitrogens with zero attached hydrogens (tertiary/aromatic N) is 2. The molecule has 2 fully saturated rings. The molecule has 2 aliphatic rings. The summed E-state index contributed by atoms with van der Waals surface area (Å²) in [5.41, 5.74) is 0. The maximum Gasteiger partial charge on any atom is 0.239 e. The number of hydrogen-bond donors (Lipinski definition) is 1. The molecule has 5 nitrogen and oxygen atoms in total. The van der Waals surface area contributed by atoms with Crippen LogP contribution in [0.25, 0.3) is 0 Å². The smallest absolute Gasteiger partial charge is 0.239 e. The van der Waals surface area contributed by atoms with Crippen molar-refractivity contribution in [1.29, 1.82) is 0 Å². The predicted octanol–water partition coefficient (Wildman–Crippen LogP) is -0.0636. The van der Waals surface area contributed by atoms with Gasteiger partial charge in [0.05, 0.1) is 25.9 Å². The Bertz CT molecular complexity index is 292. The molecule has 0 aromatic heterocycles. The molecule has 0 aromatic rings. The lowest BCUT2D eigenvalue weighted by Crippen LogP contribution is -2.52. The Balaban J connectivity index is 1.97. The maximum atomic E-state index is 12.4. The van der Waals surface area contributed by atoms with E-state index in [4.69, 9.17) is 4.74 Å². The van der Waals surface area contributed by atoms with Crippen LogP contribution in [0.1, 0.15) is 20.3 Å². The lowest BCUT2D eigenvalue weighted by Gasteiger charge is -2.35. The number of likely N-dealkylation sites (tertiary alicyclic amines) is 1. The molecule has 2 rings (SSSR count). The molecule has 0 radical (unpaired) electrons. The van der Waals surface area contributed by atoms with Crippen molar-refractivity contribution < 1.29 is 14.6 Å². The van der Waals surface area contributed by atoms with Crippen LogP contribution in [0, 0.1) is 5.92 Å². The number of morpholine rings is 1. The number of aliphatic hydroxyl groups excluding tert-OH is 1. The second-order valence-electron chi connectivity index (χ2n) is 5.37. The van der Waals surface area contributed by atoms with Gasteiger partial charge in [-0.25, -0.2) is 0 Å². The molecule has 1 N–H and O–H groups in total. The van der Waals surface area contributed by atoms with E-state index in [0.717, 1.165) is 13.0 Å². The highest BCUT2D eigenvalue weighted by molar-refractivity contribution is 5.81. The Labute approximate surface area is 109 Å². The summed E-state index contributed by atoms with van der Waals surface area (Å²) in [6.07, 6.45) is 1.06. The quantitative estimate of drug-likeness (QED) is 0.768. The third-order valence-electron chi connectivity index (χ3n) is 4.29. The molecule has 0 bridgehead atoms. The van der Waals surface area contributed by atoms with Gasteiger partial charge in [-0.3, -0.25) is 9.69 Å². The molecule has 2 heterocycles. The van der Waals surface area contributed by atoms with Crippen molar-refractivity contribution in [3.63, 3.8) is 0 Å². The van der Waals surface area contributed by atoms with E-state index in [-0.39, 0.29) is 24.6 Å². The van der Waals surface area contributed by atoms with Gasteiger partial charge in [0.2, 0.25) is 5.91 Å². The number of amides is 1. The van der Waals surface area contributed by atoms with Crippen LogP contribution in [-0.4, -0.2) is 72.4 Å². The molecule has 5 heteroatoms. The van der Waals surface area contributed by atoms with Crippen LogP contribution in [0.3, 0.4) is 0 Å². The van der Waals surface area contributed by atoms with Gasteiger partial charge in [-0.2, -0.15) is 0 Å². The summed E-state index contributed by atoms with van der Waals surface area (Å²) >= 11 is 0. The second-order valence-corrected chi connectivity index (χ2v) is 5.37. The fourth-order valence-corrected chi connectivity index (χ4v) is 2.99. The standard InChI is InChI=1S/C13H24N2O3/c1-10-3-4-15(12(10)9-16)11(2)13(17)14-5-7-18-8-6-14/h10-12,16H,3-9H2,1-2H3. The molecule has 0 aliphatic carbocycles. The van der Waals surface area contributed by atoms with Crippen LogP contribution in [0.5, 0.6) is 0 Å². The van der Waals surface area contributed by atoms with E-state index in [1.807, 2.05) is 11.8 Å². The minimum absolute atomic E-state index is 0.130. The van der Waals surface area contributed by atoms with E-state index in [2.05, 4.69) is 11.8 Å². The zero-order chi connectivity index (χ0) is 13.1. The van der Waals surface area contributed by atoms with E-state index in [1.165, 1.54) is 0 Å². The van der Waals surface area contributed by atoms with Gasteiger partial charge in [0.15, 0.2) is 0 Å². The summed E-state index contributed by atoms with van der Waals surface area (Å²) < 4.78 is 5.27. The van der Waals surface area contributed by atoms with E-state index >= 15 is 0 Å². The fraction of sp³-hybridized carbons (Fsp3) is 0.923. The van der Waals surface area contributed by atoms with Crippen molar-refractivity contribution >= 4 is 5.91 Å². The highest BCUT2D eigenvalue weighted by atomic mass is 16.5. The van der Waals surface area contributed by atoms with Gasteiger partial charge in [-0.05, 0) is 25.8 Å². The van der Waals surface area contributed by atoms with Crippen LogP contribution in [0.2, 0.25) is 0 Å². The molecule has 3 atom stereocenters. The highest BCUT2D eigenvalue weighted by Gasteiger charge is 2.37. The molecule has 2 aliphatic heterocycles. The molecular weight excluding hydrogens is 232 g/mol. The third-order valence-corrected chi connectivity index (χ3v) is 4.29.